The fraction of sp³-hybridized carbons (Fsp3) is 0.611. The van der Waals surface area contributed by atoms with Crippen molar-refractivity contribution in [1.29, 1.82) is 0 Å². The molecular weight excluding hydrogens is 338 g/mol. The van der Waals surface area contributed by atoms with Gasteiger partial charge in [0.2, 0.25) is 0 Å². The van der Waals surface area contributed by atoms with Gasteiger partial charge in [-0.05, 0) is 31.9 Å². The van der Waals surface area contributed by atoms with E-state index in [1.54, 1.807) is 14.0 Å². The lowest BCUT2D eigenvalue weighted by atomic mass is 10.1. The summed E-state index contributed by atoms with van der Waals surface area (Å²) in [7, 11) is -1.32. The average Bonchev–Trinajstić information content (AvgIpc) is 2.59. The molecule has 1 unspecified atom stereocenters. The van der Waals surface area contributed by atoms with Gasteiger partial charge in [0.05, 0.1) is 11.9 Å². The van der Waals surface area contributed by atoms with Crippen LogP contribution in [0.3, 0.4) is 0 Å². The Hall–Kier alpha value is -1.76. The van der Waals surface area contributed by atoms with Gasteiger partial charge in [0.25, 0.3) is 0 Å². The number of guanidine groups is 1. The third-order valence-electron chi connectivity index (χ3n) is 3.94. The fourth-order valence-electron chi connectivity index (χ4n) is 2.09. The monoisotopic (exact) mass is 369 g/mol. The van der Waals surface area contributed by atoms with Gasteiger partial charge in [-0.2, -0.15) is 0 Å². The van der Waals surface area contributed by atoms with Crippen molar-refractivity contribution in [2.45, 2.75) is 46.8 Å². The van der Waals surface area contributed by atoms with Gasteiger partial charge in [-0.1, -0.05) is 26.0 Å². The number of hydrogen-bond donors (Lipinski definition) is 2. The number of nitrogens with one attached hydrogen (secondary N) is 2. The minimum absolute atomic E-state index is 0.0944. The Bertz CT molecular complexity index is 672. The number of benzene rings is 1. The number of rotatable bonds is 9. The van der Waals surface area contributed by atoms with Crippen LogP contribution in [-0.2, 0) is 16.4 Å². The molecule has 1 aromatic carbocycles. The number of ether oxygens (including phenoxy) is 1. The molecule has 142 valence electrons. The molecule has 0 saturated carbocycles. The smallest absolute Gasteiger partial charge is 0.191 e. The molecule has 0 saturated heterocycles. The van der Waals surface area contributed by atoms with Crippen LogP contribution in [-0.4, -0.2) is 45.6 Å². The number of aryl methyl sites for hydroxylation is 1. The summed E-state index contributed by atoms with van der Waals surface area (Å²) >= 11 is 0. The molecule has 0 bridgehead atoms. The summed E-state index contributed by atoms with van der Waals surface area (Å²) in [5.41, 5.74) is 2.18. The van der Waals surface area contributed by atoms with Crippen molar-refractivity contribution < 1.29 is 13.2 Å². The zero-order chi connectivity index (χ0) is 18.9. The summed E-state index contributed by atoms with van der Waals surface area (Å²) in [5, 5.41) is 6.24. The maximum absolute atomic E-state index is 11.5. The van der Waals surface area contributed by atoms with Gasteiger partial charge in [0, 0.05) is 31.5 Å². The number of aliphatic imine (C=N–C) groups is 1. The third kappa shape index (κ3) is 7.77. The lowest BCUT2D eigenvalue weighted by Gasteiger charge is -2.18. The minimum Gasteiger partial charge on any atom is -0.490 e. The molecule has 2 N–H and O–H groups in total. The normalized spacial score (nSPS) is 13.4. The van der Waals surface area contributed by atoms with Crippen LogP contribution in [0.4, 0.5) is 0 Å². The van der Waals surface area contributed by atoms with E-state index in [1.165, 1.54) is 0 Å². The second-order valence-electron chi connectivity index (χ2n) is 6.04. The van der Waals surface area contributed by atoms with E-state index in [-0.39, 0.29) is 17.6 Å². The van der Waals surface area contributed by atoms with Crippen molar-refractivity contribution in [3.8, 4) is 5.75 Å². The summed E-state index contributed by atoms with van der Waals surface area (Å²) in [6.07, 6.45) is 1.09. The Morgan fingerprint density at radius 2 is 2.00 bits per heavy atom. The Kier molecular flexibility index (Phi) is 8.75. The molecule has 0 aliphatic carbocycles. The third-order valence-corrected chi connectivity index (χ3v) is 5.65. The van der Waals surface area contributed by atoms with Gasteiger partial charge in [0.1, 0.15) is 5.75 Å². The molecule has 0 aliphatic rings. The molecule has 0 fully saturated rings. The highest BCUT2D eigenvalue weighted by molar-refractivity contribution is 7.91. The summed E-state index contributed by atoms with van der Waals surface area (Å²) in [5.74, 6) is 1.68. The van der Waals surface area contributed by atoms with Gasteiger partial charge < -0.3 is 15.4 Å². The maximum atomic E-state index is 11.5. The molecule has 7 heteroatoms. The lowest BCUT2D eigenvalue weighted by Crippen LogP contribution is -2.39. The first-order valence-corrected chi connectivity index (χ1v) is 10.5. The number of nitrogens with zero attached hydrogens (tertiary/aromatic N) is 1. The SMILES string of the molecule is CCC(C)Oc1cc(C)ccc1CNC(=NC)NCCS(=O)(=O)CC. The average molecular weight is 370 g/mol. The van der Waals surface area contributed by atoms with Gasteiger partial charge in [-0.25, -0.2) is 8.42 Å². The second-order valence-corrected chi connectivity index (χ2v) is 8.51. The van der Waals surface area contributed by atoms with Crippen LogP contribution in [0, 0.1) is 6.92 Å². The Labute approximate surface area is 152 Å². The summed E-state index contributed by atoms with van der Waals surface area (Å²) in [6.45, 7) is 8.71. The van der Waals surface area contributed by atoms with Crippen LogP contribution in [0.2, 0.25) is 0 Å². The predicted molar refractivity (Wildman–Crippen MR) is 104 cm³/mol. The van der Waals surface area contributed by atoms with Crippen molar-refractivity contribution >= 4 is 15.8 Å². The van der Waals surface area contributed by atoms with E-state index < -0.39 is 9.84 Å². The molecule has 6 nitrogen and oxygen atoms in total. The zero-order valence-corrected chi connectivity index (χ0v) is 16.7. The maximum Gasteiger partial charge on any atom is 0.191 e. The molecule has 0 aromatic heterocycles. The van der Waals surface area contributed by atoms with E-state index in [2.05, 4.69) is 22.5 Å². The largest absolute Gasteiger partial charge is 0.490 e. The highest BCUT2D eigenvalue weighted by Gasteiger charge is 2.10. The van der Waals surface area contributed by atoms with Gasteiger partial charge in [0.15, 0.2) is 15.8 Å². The zero-order valence-electron chi connectivity index (χ0n) is 15.9. The summed E-state index contributed by atoms with van der Waals surface area (Å²) < 4.78 is 29.1. The molecule has 0 heterocycles. The van der Waals surface area contributed by atoms with Crippen LogP contribution >= 0.6 is 0 Å². The number of hydrogen-bond acceptors (Lipinski definition) is 4. The van der Waals surface area contributed by atoms with Crippen LogP contribution in [0.15, 0.2) is 23.2 Å². The van der Waals surface area contributed by atoms with E-state index in [9.17, 15) is 8.42 Å². The molecular formula is C18H31N3O3S. The fourth-order valence-corrected chi connectivity index (χ4v) is 2.79. The number of sulfone groups is 1. The van der Waals surface area contributed by atoms with Crippen LogP contribution in [0.25, 0.3) is 0 Å². The van der Waals surface area contributed by atoms with E-state index >= 15 is 0 Å². The first kappa shape index (κ1) is 21.3. The standard InChI is InChI=1S/C18H31N3O3S/c1-6-15(4)24-17-12-14(3)8-9-16(17)13-21-18(19-5)20-10-11-25(22,23)7-2/h8-9,12,15H,6-7,10-11,13H2,1-5H3,(H2,19,20,21). The topological polar surface area (TPSA) is 79.8 Å². The summed E-state index contributed by atoms with van der Waals surface area (Å²) in [4.78, 5) is 4.13. The molecule has 25 heavy (non-hydrogen) atoms. The predicted octanol–water partition coefficient (Wildman–Crippen LogP) is 2.27. The highest BCUT2D eigenvalue weighted by atomic mass is 32.2. The van der Waals surface area contributed by atoms with E-state index in [0.717, 1.165) is 23.3 Å². The first-order valence-electron chi connectivity index (χ1n) is 8.72. The molecule has 1 atom stereocenters. The molecule has 0 spiro atoms. The Morgan fingerprint density at radius 1 is 1.28 bits per heavy atom. The van der Waals surface area contributed by atoms with Crippen molar-refractivity contribution in [1.82, 2.24) is 10.6 Å². The van der Waals surface area contributed by atoms with Crippen molar-refractivity contribution in [3.05, 3.63) is 29.3 Å². The van der Waals surface area contributed by atoms with Crippen LogP contribution in [0.5, 0.6) is 5.75 Å². The van der Waals surface area contributed by atoms with Crippen molar-refractivity contribution in [3.63, 3.8) is 0 Å². The first-order chi connectivity index (χ1) is 11.8. The van der Waals surface area contributed by atoms with Crippen LogP contribution < -0.4 is 15.4 Å². The molecule has 1 aromatic rings. The lowest BCUT2D eigenvalue weighted by molar-refractivity contribution is 0.215. The molecule has 0 radical (unpaired) electrons. The van der Waals surface area contributed by atoms with Crippen molar-refractivity contribution in [2.75, 3.05) is 25.1 Å². The second kappa shape index (κ2) is 10.3. The molecule has 0 amide bonds. The Morgan fingerprint density at radius 3 is 2.60 bits per heavy atom. The Balaban J connectivity index is 2.66. The van der Waals surface area contributed by atoms with Gasteiger partial charge >= 0.3 is 0 Å². The van der Waals surface area contributed by atoms with E-state index in [0.29, 0.717) is 19.0 Å². The summed E-state index contributed by atoms with van der Waals surface area (Å²) in [6, 6.07) is 6.12. The van der Waals surface area contributed by atoms with Gasteiger partial charge in [-0.15, -0.1) is 0 Å². The van der Waals surface area contributed by atoms with E-state index in [1.807, 2.05) is 32.0 Å². The quantitative estimate of drug-likeness (QED) is 0.516. The molecule has 0 aliphatic heterocycles. The van der Waals surface area contributed by atoms with Crippen molar-refractivity contribution in [2.24, 2.45) is 4.99 Å². The highest BCUT2D eigenvalue weighted by Crippen LogP contribution is 2.22. The van der Waals surface area contributed by atoms with Gasteiger partial charge in [-0.3, -0.25) is 4.99 Å². The van der Waals surface area contributed by atoms with Crippen LogP contribution in [0.1, 0.15) is 38.3 Å². The molecule has 1 rings (SSSR count). The minimum atomic E-state index is -2.98. The van der Waals surface area contributed by atoms with E-state index in [4.69, 9.17) is 4.74 Å².